The molecule has 7 heteroatoms. The second kappa shape index (κ2) is 9.25. The minimum absolute atomic E-state index is 0.263. The third-order valence-electron chi connectivity index (χ3n) is 4.69. The van der Waals surface area contributed by atoms with Crippen LogP contribution in [-0.4, -0.2) is 43.2 Å². The van der Waals surface area contributed by atoms with E-state index in [1.54, 1.807) is 13.1 Å². The number of pyridine rings is 1. The number of methoxy groups -OCH3 is 1. The van der Waals surface area contributed by atoms with Crippen molar-refractivity contribution in [2.45, 2.75) is 57.7 Å². The Morgan fingerprint density at radius 2 is 2.08 bits per heavy atom. The lowest BCUT2D eigenvalue weighted by Gasteiger charge is -2.33. The van der Waals surface area contributed by atoms with Crippen molar-refractivity contribution in [3.63, 3.8) is 0 Å². The maximum Gasteiger partial charge on any atom is 0.407 e. The molecule has 0 unspecified atom stereocenters. The van der Waals surface area contributed by atoms with Crippen molar-refractivity contribution in [1.82, 2.24) is 15.6 Å². The smallest absolute Gasteiger partial charge is 0.407 e. The molecule has 1 aromatic rings. The van der Waals surface area contributed by atoms with Crippen LogP contribution in [0.15, 0.2) is 18.3 Å². The van der Waals surface area contributed by atoms with E-state index in [0.29, 0.717) is 12.6 Å². The lowest BCUT2D eigenvalue weighted by atomic mass is 9.94. The number of hydrogen-bond acceptors (Lipinski definition) is 5. The lowest BCUT2D eigenvalue weighted by molar-refractivity contribution is -0.122. The molecular weight excluding hydrogens is 320 g/mol. The summed E-state index contributed by atoms with van der Waals surface area (Å²) in [6.07, 6.45) is 7.33. The summed E-state index contributed by atoms with van der Waals surface area (Å²) >= 11 is 0. The number of ether oxygens (including phenoxy) is 1. The highest BCUT2D eigenvalue weighted by atomic mass is 16.5. The highest BCUT2D eigenvalue weighted by Crippen LogP contribution is 2.26. The fourth-order valence-corrected chi connectivity index (χ4v) is 3.16. The van der Waals surface area contributed by atoms with Crippen molar-refractivity contribution in [2.24, 2.45) is 0 Å². The molecule has 25 heavy (non-hydrogen) atoms. The van der Waals surface area contributed by atoms with Gasteiger partial charge in [0, 0.05) is 31.4 Å². The first-order valence-corrected chi connectivity index (χ1v) is 8.82. The predicted octanol–water partition coefficient (Wildman–Crippen LogP) is 2.21. The van der Waals surface area contributed by atoms with Gasteiger partial charge in [-0.1, -0.05) is 25.3 Å². The van der Waals surface area contributed by atoms with Crippen LogP contribution in [0.3, 0.4) is 0 Å². The molecule has 2 amide bonds. The van der Waals surface area contributed by atoms with Crippen LogP contribution in [0, 0.1) is 0 Å². The zero-order valence-corrected chi connectivity index (χ0v) is 15.2. The molecule has 1 aromatic heterocycles. The third kappa shape index (κ3) is 5.34. The van der Waals surface area contributed by atoms with Gasteiger partial charge in [-0.15, -0.1) is 0 Å². The number of rotatable bonds is 6. The number of anilines is 1. The van der Waals surface area contributed by atoms with Crippen molar-refractivity contribution in [3.05, 3.63) is 23.9 Å². The molecule has 0 radical (unpaired) electrons. The molecule has 0 spiro atoms. The Hall–Kier alpha value is -2.31. The lowest BCUT2D eigenvalue weighted by Crippen LogP contribution is -2.44. The molecule has 1 aliphatic carbocycles. The molecule has 0 aliphatic heterocycles. The van der Waals surface area contributed by atoms with Crippen molar-refractivity contribution in [2.75, 3.05) is 19.1 Å². The SMILES string of the molecule is COC(=O)N[C@H](C)C(=O)NCc1cccnc1N(C)C1CCCCC1. The fraction of sp³-hybridized carbons (Fsp3) is 0.611. The van der Waals surface area contributed by atoms with Crippen molar-refractivity contribution >= 4 is 17.8 Å². The van der Waals surface area contributed by atoms with Gasteiger partial charge < -0.3 is 20.3 Å². The number of alkyl carbamates (subject to hydrolysis) is 1. The molecule has 7 nitrogen and oxygen atoms in total. The first kappa shape index (κ1) is 19.0. The van der Waals surface area contributed by atoms with Crippen LogP contribution in [0.25, 0.3) is 0 Å². The molecule has 2 rings (SSSR count). The van der Waals surface area contributed by atoms with Gasteiger partial charge in [-0.25, -0.2) is 9.78 Å². The summed E-state index contributed by atoms with van der Waals surface area (Å²) in [6, 6.07) is 3.68. The standard InChI is InChI=1S/C18H28N4O3/c1-13(21-18(24)25-3)17(23)20-12-14-8-7-11-19-16(14)22(2)15-9-5-4-6-10-15/h7-8,11,13,15H,4-6,9-10,12H2,1-3H3,(H,20,23)(H,21,24)/t13-/m1/s1. The molecule has 0 bridgehead atoms. The van der Waals surface area contributed by atoms with Crippen LogP contribution in [0.4, 0.5) is 10.6 Å². The quantitative estimate of drug-likeness (QED) is 0.823. The topological polar surface area (TPSA) is 83.6 Å². The summed E-state index contributed by atoms with van der Waals surface area (Å²) < 4.78 is 4.50. The summed E-state index contributed by atoms with van der Waals surface area (Å²) in [5.41, 5.74) is 0.967. The van der Waals surface area contributed by atoms with E-state index in [1.807, 2.05) is 12.1 Å². The highest BCUT2D eigenvalue weighted by Gasteiger charge is 2.21. The highest BCUT2D eigenvalue weighted by molar-refractivity contribution is 5.85. The number of aromatic nitrogens is 1. The predicted molar refractivity (Wildman–Crippen MR) is 96.4 cm³/mol. The van der Waals surface area contributed by atoms with E-state index >= 15 is 0 Å². The van der Waals surface area contributed by atoms with Crippen LogP contribution >= 0.6 is 0 Å². The van der Waals surface area contributed by atoms with Crippen LogP contribution in [0.2, 0.25) is 0 Å². The largest absolute Gasteiger partial charge is 0.453 e. The molecular formula is C18H28N4O3. The van der Waals surface area contributed by atoms with E-state index < -0.39 is 12.1 Å². The molecule has 1 aliphatic rings. The number of nitrogens with one attached hydrogen (secondary N) is 2. The number of amides is 2. The average molecular weight is 348 g/mol. The average Bonchev–Trinajstić information content (AvgIpc) is 2.66. The van der Waals surface area contributed by atoms with E-state index in [1.165, 1.54) is 39.2 Å². The van der Waals surface area contributed by atoms with Gasteiger partial charge in [0.05, 0.1) is 7.11 Å². The van der Waals surface area contributed by atoms with E-state index in [4.69, 9.17) is 0 Å². The Morgan fingerprint density at radius 1 is 1.36 bits per heavy atom. The zero-order chi connectivity index (χ0) is 18.2. The van der Waals surface area contributed by atoms with E-state index in [2.05, 4.69) is 32.3 Å². The maximum absolute atomic E-state index is 12.1. The minimum Gasteiger partial charge on any atom is -0.453 e. The molecule has 1 atom stereocenters. The number of carbonyl (C=O) groups excluding carboxylic acids is 2. The number of hydrogen-bond donors (Lipinski definition) is 2. The minimum atomic E-state index is -0.663. The van der Waals surface area contributed by atoms with Crippen LogP contribution in [0.5, 0.6) is 0 Å². The Balaban J connectivity index is 1.98. The normalized spacial score (nSPS) is 16.0. The Kier molecular flexibility index (Phi) is 7.03. The van der Waals surface area contributed by atoms with Crippen molar-refractivity contribution < 1.29 is 14.3 Å². The van der Waals surface area contributed by atoms with E-state index in [9.17, 15) is 9.59 Å². The van der Waals surface area contributed by atoms with Crippen LogP contribution in [-0.2, 0) is 16.1 Å². The molecule has 1 saturated carbocycles. The van der Waals surface area contributed by atoms with E-state index in [0.717, 1.165) is 11.4 Å². The van der Waals surface area contributed by atoms with Crippen LogP contribution < -0.4 is 15.5 Å². The molecule has 0 aromatic carbocycles. The molecule has 2 N–H and O–H groups in total. The van der Waals surface area contributed by atoms with Crippen LogP contribution in [0.1, 0.15) is 44.6 Å². The van der Waals surface area contributed by atoms with Crippen molar-refractivity contribution in [1.29, 1.82) is 0 Å². The molecule has 0 saturated heterocycles. The summed E-state index contributed by atoms with van der Waals surface area (Å²) in [4.78, 5) is 30.1. The van der Waals surface area contributed by atoms with Gasteiger partial charge in [0.2, 0.25) is 5.91 Å². The first-order chi connectivity index (χ1) is 12.0. The van der Waals surface area contributed by atoms with Gasteiger partial charge >= 0.3 is 6.09 Å². The van der Waals surface area contributed by atoms with Gasteiger partial charge in [0.15, 0.2) is 0 Å². The second-order valence-electron chi connectivity index (χ2n) is 6.46. The summed E-state index contributed by atoms with van der Waals surface area (Å²) in [5.74, 6) is 0.642. The number of carbonyl (C=O) groups is 2. The second-order valence-corrected chi connectivity index (χ2v) is 6.46. The third-order valence-corrected chi connectivity index (χ3v) is 4.69. The maximum atomic E-state index is 12.1. The van der Waals surface area contributed by atoms with Crippen molar-refractivity contribution in [3.8, 4) is 0 Å². The number of nitrogens with zero attached hydrogens (tertiary/aromatic N) is 2. The molecule has 1 fully saturated rings. The Bertz CT molecular complexity index is 587. The molecule has 138 valence electrons. The van der Waals surface area contributed by atoms with E-state index in [-0.39, 0.29) is 5.91 Å². The first-order valence-electron chi connectivity index (χ1n) is 8.82. The fourth-order valence-electron chi connectivity index (χ4n) is 3.16. The zero-order valence-electron chi connectivity index (χ0n) is 15.2. The Morgan fingerprint density at radius 3 is 2.76 bits per heavy atom. The monoisotopic (exact) mass is 348 g/mol. The van der Waals surface area contributed by atoms with Gasteiger partial charge in [-0.05, 0) is 25.8 Å². The van der Waals surface area contributed by atoms with Gasteiger partial charge in [0.25, 0.3) is 0 Å². The summed E-state index contributed by atoms with van der Waals surface area (Å²) in [5, 5.41) is 5.31. The van der Waals surface area contributed by atoms with Gasteiger partial charge in [-0.2, -0.15) is 0 Å². The molecule has 1 heterocycles. The van der Waals surface area contributed by atoms with Gasteiger partial charge in [0.1, 0.15) is 11.9 Å². The summed E-state index contributed by atoms with van der Waals surface area (Å²) in [6.45, 7) is 1.98. The Labute approximate surface area is 149 Å². The summed E-state index contributed by atoms with van der Waals surface area (Å²) in [7, 11) is 3.34. The van der Waals surface area contributed by atoms with Gasteiger partial charge in [-0.3, -0.25) is 4.79 Å².